The summed E-state index contributed by atoms with van der Waals surface area (Å²) in [6.07, 6.45) is 0. The van der Waals surface area contributed by atoms with Crippen LogP contribution in [0.25, 0.3) is 0 Å². The number of hydrogen-bond acceptors (Lipinski definition) is 3. The third-order valence-electron chi connectivity index (χ3n) is 2.87. The highest BCUT2D eigenvalue weighted by Crippen LogP contribution is 2.23. The van der Waals surface area contributed by atoms with E-state index in [2.05, 4.69) is 10.9 Å². The molecule has 120 valence electrons. The van der Waals surface area contributed by atoms with Crippen LogP contribution in [0.4, 0.5) is 0 Å². The highest BCUT2D eigenvalue weighted by Gasteiger charge is 2.16. The zero-order valence-corrected chi connectivity index (χ0v) is 14.1. The van der Waals surface area contributed by atoms with Gasteiger partial charge in [0.25, 0.3) is 11.8 Å². The van der Waals surface area contributed by atoms with Crippen molar-refractivity contribution in [1.82, 2.24) is 10.9 Å². The first kappa shape index (κ1) is 17.4. The first-order valence-corrected chi connectivity index (χ1v) is 7.45. The molecule has 5 nitrogen and oxygen atoms in total. The summed E-state index contributed by atoms with van der Waals surface area (Å²) >= 11 is 17.6. The fourth-order valence-electron chi connectivity index (χ4n) is 1.78. The maximum absolute atomic E-state index is 12.1. The third-order valence-corrected chi connectivity index (χ3v) is 3.67. The fourth-order valence-corrected chi connectivity index (χ4v) is 2.32. The van der Waals surface area contributed by atoms with Crippen LogP contribution >= 0.6 is 34.8 Å². The maximum Gasteiger partial charge on any atom is 0.273 e. The Labute approximate surface area is 147 Å². The molecule has 0 aromatic heterocycles. The van der Waals surface area contributed by atoms with Crippen LogP contribution in [0.5, 0.6) is 5.75 Å². The Morgan fingerprint density at radius 1 is 0.870 bits per heavy atom. The van der Waals surface area contributed by atoms with Crippen LogP contribution < -0.4 is 15.6 Å². The van der Waals surface area contributed by atoms with Gasteiger partial charge in [-0.05, 0) is 36.4 Å². The predicted octanol–water partition coefficient (Wildman–Crippen LogP) is 3.73. The van der Waals surface area contributed by atoms with Crippen LogP contribution in [-0.4, -0.2) is 18.9 Å². The second-order valence-corrected chi connectivity index (χ2v) is 5.66. The van der Waals surface area contributed by atoms with E-state index in [-0.39, 0.29) is 16.1 Å². The molecular weight excluding hydrogens is 363 g/mol. The van der Waals surface area contributed by atoms with Crippen molar-refractivity contribution in [1.29, 1.82) is 0 Å². The van der Waals surface area contributed by atoms with Crippen molar-refractivity contribution >= 4 is 46.6 Å². The van der Waals surface area contributed by atoms with Crippen LogP contribution in [0.1, 0.15) is 20.7 Å². The second kappa shape index (κ2) is 7.55. The van der Waals surface area contributed by atoms with E-state index >= 15 is 0 Å². The van der Waals surface area contributed by atoms with Gasteiger partial charge in [-0.3, -0.25) is 20.4 Å². The molecular formula is C15H11Cl3N2O3. The van der Waals surface area contributed by atoms with Crippen molar-refractivity contribution in [3.63, 3.8) is 0 Å². The summed E-state index contributed by atoms with van der Waals surface area (Å²) in [7, 11) is 1.42. The molecule has 2 amide bonds. The highest BCUT2D eigenvalue weighted by molar-refractivity contribution is 6.35. The molecule has 23 heavy (non-hydrogen) atoms. The van der Waals surface area contributed by atoms with Crippen molar-refractivity contribution < 1.29 is 14.3 Å². The molecule has 0 aliphatic heterocycles. The van der Waals surface area contributed by atoms with Gasteiger partial charge in [0.1, 0.15) is 5.75 Å². The van der Waals surface area contributed by atoms with E-state index in [9.17, 15) is 9.59 Å². The smallest absolute Gasteiger partial charge is 0.273 e. The molecule has 0 spiro atoms. The molecule has 0 atom stereocenters. The van der Waals surface area contributed by atoms with Crippen LogP contribution in [0.3, 0.4) is 0 Å². The first-order chi connectivity index (χ1) is 10.9. The van der Waals surface area contributed by atoms with Gasteiger partial charge < -0.3 is 4.74 Å². The van der Waals surface area contributed by atoms with E-state index in [0.29, 0.717) is 15.8 Å². The lowest BCUT2D eigenvalue weighted by Crippen LogP contribution is -2.41. The average Bonchev–Trinajstić information content (AvgIpc) is 2.54. The molecule has 0 aliphatic rings. The van der Waals surface area contributed by atoms with E-state index < -0.39 is 11.8 Å². The lowest BCUT2D eigenvalue weighted by atomic mass is 10.2. The van der Waals surface area contributed by atoms with Gasteiger partial charge in [-0.15, -0.1) is 0 Å². The van der Waals surface area contributed by atoms with Gasteiger partial charge in [-0.25, -0.2) is 0 Å². The molecule has 2 rings (SSSR count). The quantitative estimate of drug-likeness (QED) is 0.806. The van der Waals surface area contributed by atoms with Gasteiger partial charge >= 0.3 is 0 Å². The molecule has 2 N–H and O–H groups in total. The number of benzene rings is 2. The van der Waals surface area contributed by atoms with Crippen LogP contribution in [0, 0.1) is 0 Å². The van der Waals surface area contributed by atoms with E-state index in [1.54, 1.807) is 18.2 Å². The Morgan fingerprint density at radius 2 is 1.39 bits per heavy atom. The number of carbonyl (C=O) groups is 2. The third kappa shape index (κ3) is 4.28. The molecule has 0 saturated carbocycles. The van der Waals surface area contributed by atoms with E-state index in [1.807, 2.05) is 0 Å². The molecule has 0 bridgehead atoms. The van der Waals surface area contributed by atoms with E-state index in [4.69, 9.17) is 39.5 Å². The number of nitrogens with one attached hydrogen (secondary N) is 2. The monoisotopic (exact) mass is 372 g/mol. The van der Waals surface area contributed by atoms with Gasteiger partial charge in [0.15, 0.2) is 0 Å². The normalized spacial score (nSPS) is 10.1. The molecule has 2 aromatic carbocycles. The minimum atomic E-state index is -0.605. The summed E-state index contributed by atoms with van der Waals surface area (Å²) in [4.78, 5) is 24.2. The van der Waals surface area contributed by atoms with Gasteiger partial charge in [-0.2, -0.15) is 0 Å². The zero-order chi connectivity index (χ0) is 17.0. The maximum atomic E-state index is 12.1. The molecule has 0 fully saturated rings. The largest absolute Gasteiger partial charge is 0.496 e. The van der Waals surface area contributed by atoms with Crippen LogP contribution in [0.15, 0.2) is 36.4 Å². The molecule has 8 heteroatoms. The van der Waals surface area contributed by atoms with Gasteiger partial charge in [0.2, 0.25) is 0 Å². The topological polar surface area (TPSA) is 67.4 Å². The van der Waals surface area contributed by atoms with Crippen molar-refractivity contribution in [2.24, 2.45) is 0 Å². The minimum Gasteiger partial charge on any atom is -0.496 e. The summed E-state index contributed by atoms with van der Waals surface area (Å²) in [5.41, 5.74) is 4.84. The highest BCUT2D eigenvalue weighted by atomic mass is 35.5. The Kier molecular flexibility index (Phi) is 5.71. The van der Waals surface area contributed by atoms with Crippen molar-refractivity contribution in [2.45, 2.75) is 0 Å². The van der Waals surface area contributed by atoms with Gasteiger partial charge in [0.05, 0.1) is 23.3 Å². The summed E-state index contributed by atoms with van der Waals surface area (Å²) in [5, 5.41) is 0.920. The summed E-state index contributed by atoms with van der Waals surface area (Å²) < 4.78 is 5.08. The number of ether oxygens (including phenoxy) is 1. The van der Waals surface area contributed by atoms with Crippen LogP contribution in [-0.2, 0) is 0 Å². The number of halogens is 3. The number of carbonyl (C=O) groups excluding carboxylic acids is 2. The predicted molar refractivity (Wildman–Crippen MR) is 89.4 cm³/mol. The first-order valence-electron chi connectivity index (χ1n) is 6.31. The Morgan fingerprint density at radius 3 is 2.00 bits per heavy atom. The molecule has 0 radical (unpaired) electrons. The summed E-state index contributed by atoms with van der Waals surface area (Å²) in [6, 6.07) is 8.99. The lowest BCUT2D eigenvalue weighted by Gasteiger charge is -2.11. The number of methoxy groups -OCH3 is 1. The average molecular weight is 374 g/mol. The van der Waals surface area contributed by atoms with Crippen molar-refractivity contribution in [2.75, 3.05) is 7.11 Å². The number of hydrogen-bond donors (Lipinski definition) is 2. The summed E-state index contributed by atoms with van der Waals surface area (Å²) in [5.74, 6) is -0.871. The van der Waals surface area contributed by atoms with Crippen molar-refractivity contribution in [3.8, 4) is 5.75 Å². The van der Waals surface area contributed by atoms with E-state index in [0.717, 1.165) is 0 Å². The Balaban J connectivity index is 2.11. The fraction of sp³-hybridized carbons (Fsp3) is 0.0667. The Hall–Kier alpha value is -1.95. The van der Waals surface area contributed by atoms with E-state index in [1.165, 1.54) is 25.3 Å². The molecule has 0 heterocycles. The summed E-state index contributed by atoms with van der Waals surface area (Å²) in [6.45, 7) is 0. The Bertz CT molecular complexity index is 766. The van der Waals surface area contributed by atoms with Crippen LogP contribution in [0.2, 0.25) is 15.1 Å². The zero-order valence-electron chi connectivity index (χ0n) is 11.8. The number of rotatable bonds is 3. The number of amides is 2. The van der Waals surface area contributed by atoms with Crippen molar-refractivity contribution in [3.05, 3.63) is 62.6 Å². The number of hydrazine groups is 1. The lowest BCUT2D eigenvalue weighted by molar-refractivity contribution is 0.0845. The van der Waals surface area contributed by atoms with Gasteiger partial charge in [-0.1, -0.05) is 34.8 Å². The SMILES string of the molecule is COc1ccc(Cl)cc1C(=O)NNC(=O)c1cc(Cl)ccc1Cl. The molecule has 2 aromatic rings. The standard InChI is InChI=1S/C15H11Cl3N2O3/c1-23-13-5-3-9(17)7-11(13)15(22)20-19-14(21)10-6-8(16)2-4-12(10)18/h2-7H,1H3,(H,19,21)(H,20,22). The minimum absolute atomic E-state index is 0.137. The molecule has 0 aliphatic carbocycles. The molecule has 0 unspecified atom stereocenters. The molecule has 0 saturated heterocycles. The second-order valence-electron chi connectivity index (χ2n) is 4.38. The van der Waals surface area contributed by atoms with Gasteiger partial charge in [0, 0.05) is 10.0 Å².